The van der Waals surface area contributed by atoms with Gasteiger partial charge in [-0.15, -0.1) is 0 Å². The van der Waals surface area contributed by atoms with Gasteiger partial charge in [-0.05, 0) is 24.6 Å². The van der Waals surface area contributed by atoms with Gasteiger partial charge in [0, 0.05) is 51.3 Å². The Morgan fingerprint density at radius 3 is 2.17 bits per heavy atom. The molecule has 160 valence electrons. The molecule has 29 heavy (non-hydrogen) atoms. The Morgan fingerprint density at radius 2 is 1.59 bits per heavy atom. The van der Waals surface area contributed by atoms with Crippen LogP contribution in [0.25, 0.3) is 0 Å². The van der Waals surface area contributed by atoms with Crippen LogP contribution in [0.4, 0.5) is 18.9 Å². The van der Waals surface area contributed by atoms with E-state index in [1.165, 1.54) is 10.4 Å². The molecule has 0 unspecified atom stereocenters. The van der Waals surface area contributed by atoms with Gasteiger partial charge in [0.15, 0.2) is 0 Å². The number of carbonyl (C=O) groups is 2. The molecule has 0 N–H and O–H groups in total. The number of alkyl halides is 3. The molecule has 2 saturated heterocycles. The fourth-order valence-corrected chi connectivity index (χ4v) is 4.88. The van der Waals surface area contributed by atoms with Crippen molar-refractivity contribution in [2.24, 2.45) is 0 Å². The number of anilines is 1. The normalized spacial score (nSPS) is 19.7. The van der Waals surface area contributed by atoms with Gasteiger partial charge in [-0.3, -0.25) is 14.5 Å². The number of piperidine rings is 1. The average molecular weight is 433 g/mol. The number of amides is 2. The SMILES string of the molecule is O=C1CCCC(=O)N1CCS(=O)(=O)N1CCN(c2cccc(C(F)(F)F)c2)CC1. The molecular formula is C18H22F3N3O4S. The molecule has 0 spiro atoms. The Hall–Kier alpha value is -2.14. The number of carbonyl (C=O) groups excluding carboxylic acids is 2. The molecule has 1 aromatic carbocycles. The number of sulfonamides is 1. The van der Waals surface area contributed by atoms with Crippen LogP contribution < -0.4 is 4.90 Å². The number of halogens is 3. The first-order chi connectivity index (χ1) is 13.6. The summed E-state index contributed by atoms with van der Waals surface area (Å²) in [6.45, 7) is 0.582. The van der Waals surface area contributed by atoms with E-state index in [1.54, 1.807) is 11.0 Å². The van der Waals surface area contributed by atoms with E-state index >= 15 is 0 Å². The first kappa shape index (κ1) is 21.6. The van der Waals surface area contributed by atoms with Crippen molar-refractivity contribution in [1.82, 2.24) is 9.21 Å². The lowest BCUT2D eigenvalue weighted by molar-refractivity contribution is -0.147. The third kappa shape index (κ3) is 5.08. The van der Waals surface area contributed by atoms with Gasteiger partial charge in [-0.25, -0.2) is 8.42 Å². The second-order valence-electron chi connectivity index (χ2n) is 7.04. The van der Waals surface area contributed by atoms with Crippen molar-refractivity contribution in [3.63, 3.8) is 0 Å². The largest absolute Gasteiger partial charge is 0.416 e. The molecule has 2 heterocycles. The monoisotopic (exact) mass is 433 g/mol. The van der Waals surface area contributed by atoms with Crippen LogP contribution in [0.15, 0.2) is 24.3 Å². The van der Waals surface area contributed by atoms with Gasteiger partial charge in [-0.1, -0.05) is 6.07 Å². The maximum atomic E-state index is 12.9. The molecule has 0 radical (unpaired) electrons. The lowest BCUT2D eigenvalue weighted by Crippen LogP contribution is -2.51. The first-order valence-corrected chi connectivity index (χ1v) is 10.9. The van der Waals surface area contributed by atoms with Crippen molar-refractivity contribution in [2.45, 2.75) is 25.4 Å². The van der Waals surface area contributed by atoms with Gasteiger partial charge >= 0.3 is 6.18 Å². The summed E-state index contributed by atoms with van der Waals surface area (Å²) < 4.78 is 65.1. The number of hydrogen-bond donors (Lipinski definition) is 0. The quantitative estimate of drug-likeness (QED) is 0.661. The summed E-state index contributed by atoms with van der Waals surface area (Å²) in [7, 11) is -3.69. The predicted molar refractivity (Wildman–Crippen MR) is 99.6 cm³/mol. The standard InChI is InChI=1S/C18H22F3N3O4S/c19-18(20,21)14-3-1-4-15(13-14)22-7-9-23(10-8-22)29(27,28)12-11-24-16(25)5-2-6-17(24)26/h1,3-4,13H,2,5-12H2. The maximum absolute atomic E-state index is 12.9. The fraction of sp³-hybridized carbons (Fsp3) is 0.556. The molecule has 7 nitrogen and oxygen atoms in total. The average Bonchev–Trinajstić information content (AvgIpc) is 2.67. The van der Waals surface area contributed by atoms with E-state index in [-0.39, 0.29) is 63.1 Å². The van der Waals surface area contributed by atoms with Gasteiger partial charge in [0.2, 0.25) is 21.8 Å². The Bertz CT molecular complexity index is 865. The summed E-state index contributed by atoms with van der Waals surface area (Å²) >= 11 is 0. The van der Waals surface area contributed by atoms with Crippen LogP contribution in [0.3, 0.4) is 0 Å². The van der Waals surface area contributed by atoms with Crippen LogP contribution >= 0.6 is 0 Å². The highest BCUT2D eigenvalue weighted by Gasteiger charge is 2.33. The van der Waals surface area contributed by atoms with E-state index < -0.39 is 21.8 Å². The smallest absolute Gasteiger partial charge is 0.369 e. The highest BCUT2D eigenvalue weighted by Crippen LogP contribution is 2.32. The lowest BCUT2D eigenvalue weighted by atomic mass is 10.1. The summed E-state index contributed by atoms with van der Waals surface area (Å²) in [5, 5.41) is 0. The molecule has 0 bridgehead atoms. The van der Waals surface area contributed by atoms with Crippen molar-refractivity contribution in [1.29, 1.82) is 0 Å². The van der Waals surface area contributed by atoms with E-state index in [2.05, 4.69) is 0 Å². The zero-order chi connectivity index (χ0) is 21.2. The predicted octanol–water partition coefficient (Wildman–Crippen LogP) is 1.70. The molecule has 11 heteroatoms. The topological polar surface area (TPSA) is 78.0 Å². The third-order valence-corrected chi connectivity index (χ3v) is 6.98. The van der Waals surface area contributed by atoms with Gasteiger partial charge in [-0.2, -0.15) is 17.5 Å². The summed E-state index contributed by atoms with van der Waals surface area (Å²) in [6, 6.07) is 4.94. The van der Waals surface area contributed by atoms with Gasteiger partial charge in [0.05, 0.1) is 11.3 Å². The van der Waals surface area contributed by atoms with E-state index in [4.69, 9.17) is 0 Å². The first-order valence-electron chi connectivity index (χ1n) is 9.31. The van der Waals surface area contributed by atoms with Crippen LogP contribution in [0, 0.1) is 0 Å². The van der Waals surface area contributed by atoms with Gasteiger partial charge < -0.3 is 4.90 Å². The second kappa shape index (κ2) is 8.31. The number of benzene rings is 1. The minimum atomic E-state index is -4.44. The summed E-state index contributed by atoms with van der Waals surface area (Å²) in [4.78, 5) is 26.3. The minimum Gasteiger partial charge on any atom is -0.369 e. The highest BCUT2D eigenvalue weighted by molar-refractivity contribution is 7.89. The minimum absolute atomic E-state index is 0.125. The molecule has 2 aliphatic heterocycles. The fourth-order valence-electron chi connectivity index (χ4n) is 3.49. The molecule has 0 aromatic heterocycles. The van der Waals surface area contributed by atoms with Crippen molar-refractivity contribution in [2.75, 3.05) is 43.4 Å². The molecule has 3 rings (SSSR count). The van der Waals surface area contributed by atoms with Crippen molar-refractivity contribution >= 4 is 27.5 Å². The molecule has 0 saturated carbocycles. The van der Waals surface area contributed by atoms with Crippen molar-refractivity contribution in [3.05, 3.63) is 29.8 Å². The maximum Gasteiger partial charge on any atom is 0.416 e. The summed E-state index contributed by atoms with van der Waals surface area (Å²) in [6.07, 6.45) is -3.48. The lowest BCUT2D eigenvalue weighted by Gasteiger charge is -2.36. The molecule has 2 amide bonds. The van der Waals surface area contributed by atoms with Crippen molar-refractivity contribution < 1.29 is 31.2 Å². The van der Waals surface area contributed by atoms with Crippen molar-refractivity contribution in [3.8, 4) is 0 Å². The molecule has 2 aliphatic rings. The summed E-state index contributed by atoms with van der Waals surface area (Å²) in [5.41, 5.74) is -0.359. The molecular weight excluding hydrogens is 411 g/mol. The number of imide groups is 1. The van der Waals surface area contributed by atoms with Gasteiger partial charge in [0.1, 0.15) is 0 Å². The molecule has 1 aromatic rings. The zero-order valence-electron chi connectivity index (χ0n) is 15.7. The highest BCUT2D eigenvalue weighted by atomic mass is 32.2. The second-order valence-corrected chi connectivity index (χ2v) is 9.13. The number of likely N-dealkylation sites (tertiary alicyclic amines) is 1. The van der Waals surface area contributed by atoms with E-state index in [9.17, 15) is 31.2 Å². The Labute approximate surface area is 167 Å². The van der Waals surface area contributed by atoms with Crippen LogP contribution in [0.2, 0.25) is 0 Å². The Balaban J connectivity index is 1.58. The molecule has 2 fully saturated rings. The van der Waals surface area contributed by atoms with E-state index in [1.807, 2.05) is 0 Å². The Kier molecular flexibility index (Phi) is 6.18. The number of nitrogens with zero attached hydrogens (tertiary/aromatic N) is 3. The molecule has 0 aliphatic carbocycles. The number of piperazine rings is 1. The van der Waals surface area contributed by atoms with Gasteiger partial charge in [0.25, 0.3) is 0 Å². The number of hydrogen-bond acceptors (Lipinski definition) is 5. The van der Waals surface area contributed by atoms with Crippen LogP contribution in [-0.2, 0) is 25.8 Å². The van der Waals surface area contributed by atoms with E-state index in [0.29, 0.717) is 12.1 Å². The molecule has 0 atom stereocenters. The summed E-state index contributed by atoms with van der Waals surface area (Å²) in [5.74, 6) is -1.06. The van der Waals surface area contributed by atoms with Crippen LogP contribution in [-0.4, -0.2) is 67.9 Å². The number of rotatable bonds is 5. The van der Waals surface area contributed by atoms with Crippen LogP contribution in [0.5, 0.6) is 0 Å². The van der Waals surface area contributed by atoms with E-state index in [0.717, 1.165) is 17.0 Å². The van der Waals surface area contributed by atoms with Crippen LogP contribution in [0.1, 0.15) is 24.8 Å². The Morgan fingerprint density at radius 1 is 0.966 bits per heavy atom. The zero-order valence-corrected chi connectivity index (χ0v) is 16.5. The third-order valence-electron chi connectivity index (χ3n) is 5.13.